The van der Waals surface area contributed by atoms with Gasteiger partial charge in [-0.05, 0) is 6.92 Å². The molecule has 0 bridgehead atoms. The standard InChI is InChI=1S/C6H10N4O2S/c1-4-8-9-6(10(4)7)13-3-5(11)12-2/h3,7H2,1-2H3. The summed E-state index contributed by atoms with van der Waals surface area (Å²) < 4.78 is 5.79. The Balaban J connectivity index is 2.55. The maximum absolute atomic E-state index is 10.8. The predicted octanol–water partition coefficient (Wildman–Crippen LogP) is -0.435. The molecule has 0 spiro atoms. The van der Waals surface area contributed by atoms with Crippen LogP contribution in [0.3, 0.4) is 0 Å². The molecule has 6 nitrogen and oxygen atoms in total. The highest BCUT2D eigenvalue weighted by atomic mass is 32.2. The normalized spacial score (nSPS) is 10.0. The molecule has 0 unspecified atom stereocenters. The second kappa shape index (κ2) is 4.13. The lowest BCUT2D eigenvalue weighted by atomic mass is 10.7. The summed E-state index contributed by atoms with van der Waals surface area (Å²) in [5, 5.41) is 8.00. The summed E-state index contributed by atoms with van der Waals surface area (Å²) in [5.41, 5.74) is 0. The van der Waals surface area contributed by atoms with E-state index >= 15 is 0 Å². The van der Waals surface area contributed by atoms with Crippen LogP contribution in [0.2, 0.25) is 0 Å². The lowest BCUT2D eigenvalue weighted by Crippen LogP contribution is -2.12. The number of thioether (sulfide) groups is 1. The molecule has 1 aromatic heterocycles. The summed E-state index contributed by atoms with van der Waals surface area (Å²) in [4.78, 5) is 10.8. The van der Waals surface area contributed by atoms with Crippen LogP contribution in [0.15, 0.2) is 5.16 Å². The van der Waals surface area contributed by atoms with Gasteiger partial charge in [-0.15, -0.1) is 10.2 Å². The van der Waals surface area contributed by atoms with Crippen molar-refractivity contribution in [2.24, 2.45) is 0 Å². The summed E-state index contributed by atoms with van der Waals surface area (Å²) in [6.07, 6.45) is 0. The number of carbonyl (C=O) groups is 1. The Kier molecular flexibility index (Phi) is 3.13. The van der Waals surface area contributed by atoms with Crippen LogP contribution in [0.4, 0.5) is 0 Å². The quantitative estimate of drug-likeness (QED) is 0.406. The van der Waals surface area contributed by atoms with E-state index in [0.717, 1.165) is 0 Å². The van der Waals surface area contributed by atoms with E-state index in [-0.39, 0.29) is 11.7 Å². The van der Waals surface area contributed by atoms with Gasteiger partial charge < -0.3 is 10.6 Å². The van der Waals surface area contributed by atoms with Gasteiger partial charge in [-0.2, -0.15) is 0 Å². The average Bonchev–Trinajstić information content (AvgIpc) is 2.44. The number of nitrogen functional groups attached to an aromatic ring is 1. The number of aromatic nitrogens is 3. The third kappa shape index (κ3) is 2.35. The Labute approximate surface area is 79.4 Å². The molecule has 1 rings (SSSR count). The second-order valence-corrected chi connectivity index (χ2v) is 3.21. The molecule has 0 aliphatic rings. The highest BCUT2D eigenvalue weighted by molar-refractivity contribution is 7.99. The molecule has 0 aromatic carbocycles. The molecule has 0 saturated carbocycles. The van der Waals surface area contributed by atoms with Gasteiger partial charge >= 0.3 is 5.97 Å². The van der Waals surface area contributed by atoms with Crippen molar-refractivity contribution in [2.45, 2.75) is 12.1 Å². The fourth-order valence-electron chi connectivity index (χ4n) is 0.631. The minimum Gasteiger partial charge on any atom is -0.468 e. The Bertz CT molecular complexity index is 312. The van der Waals surface area contributed by atoms with E-state index in [2.05, 4.69) is 14.9 Å². The van der Waals surface area contributed by atoms with Crippen molar-refractivity contribution >= 4 is 17.7 Å². The molecule has 0 atom stereocenters. The van der Waals surface area contributed by atoms with E-state index in [4.69, 9.17) is 5.84 Å². The maximum Gasteiger partial charge on any atom is 0.316 e. The van der Waals surface area contributed by atoms with E-state index in [1.807, 2.05) is 0 Å². The topological polar surface area (TPSA) is 83.0 Å². The van der Waals surface area contributed by atoms with Crippen LogP contribution >= 0.6 is 11.8 Å². The van der Waals surface area contributed by atoms with Crippen molar-refractivity contribution in [1.82, 2.24) is 14.9 Å². The SMILES string of the molecule is COC(=O)CSc1nnc(C)n1N. The van der Waals surface area contributed by atoms with Crippen LogP contribution in [-0.2, 0) is 9.53 Å². The van der Waals surface area contributed by atoms with Crippen LogP contribution in [0, 0.1) is 6.92 Å². The summed E-state index contributed by atoms with van der Waals surface area (Å²) in [6.45, 7) is 1.73. The van der Waals surface area contributed by atoms with Gasteiger partial charge in [-0.3, -0.25) is 4.79 Å². The van der Waals surface area contributed by atoms with Gasteiger partial charge in [0.2, 0.25) is 5.16 Å². The summed E-state index contributed by atoms with van der Waals surface area (Å²) in [6, 6.07) is 0. The van der Waals surface area contributed by atoms with Crippen LogP contribution in [-0.4, -0.2) is 33.7 Å². The summed E-state index contributed by atoms with van der Waals surface area (Å²) >= 11 is 1.19. The first-order valence-electron chi connectivity index (χ1n) is 3.52. The molecule has 1 aromatic rings. The lowest BCUT2D eigenvalue weighted by Gasteiger charge is -1.99. The Morgan fingerprint density at radius 2 is 2.38 bits per heavy atom. The van der Waals surface area contributed by atoms with Crippen molar-refractivity contribution in [1.29, 1.82) is 0 Å². The third-order valence-electron chi connectivity index (χ3n) is 1.38. The predicted molar refractivity (Wildman–Crippen MR) is 47.6 cm³/mol. The first-order chi connectivity index (χ1) is 6.15. The summed E-state index contributed by atoms with van der Waals surface area (Å²) in [7, 11) is 1.33. The molecule has 0 aliphatic carbocycles. The van der Waals surface area contributed by atoms with Crippen LogP contribution in [0.1, 0.15) is 5.82 Å². The number of ether oxygens (including phenoxy) is 1. The Morgan fingerprint density at radius 3 is 2.85 bits per heavy atom. The maximum atomic E-state index is 10.8. The zero-order chi connectivity index (χ0) is 9.84. The monoisotopic (exact) mass is 202 g/mol. The fraction of sp³-hybridized carbons (Fsp3) is 0.500. The number of nitrogens with zero attached hydrogens (tertiary/aromatic N) is 3. The number of hydrogen-bond acceptors (Lipinski definition) is 6. The average molecular weight is 202 g/mol. The molecule has 0 radical (unpaired) electrons. The molecule has 1 heterocycles. The van der Waals surface area contributed by atoms with Crippen LogP contribution in [0.5, 0.6) is 0 Å². The largest absolute Gasteiger partial charge is 0.468 e. The van der Waals surface area contributed by atoms with Crippen molar-refractivity contribution in [3.05, 3.63) is 5.82 Å². The molecule has 72 valence electrons. The van der Waals surface area contributed by atoms with E-state index in [1.165, 1.54) is 23.5 Å². The van der Waals surface area contributed by atoms with E-state index in [1.54, 1.807) is 6.92 Å². The zero-order valence-electron chi connectivity index (χ0n) is 7.35. The van der Waals surface area contributed by atoms with Crippen molar-refractivity contribution in [3.63, 3.8) is 0 Å². The number of carbonyl (C=O) groups excluding carboxylic acids is 1. The van der Waals surface area contributed by atoms with Gasteiger partial charge in [-0.25, -0.2) is 4.68 Å². The number of methoxy groups -OCH3 is 1. The van der Waals surface area contributed by atoms with Gasteiger partial charge in [0.15, 0.2) is 0 Å². The second-order valence-electron chi connectivity index (χ2n) is 2.26. The van der Waals surface area contributed by atoms with Crippen LogP contribution < -0.4 is 5.84 Å². The molecule has 0 amide bonds. The minimum atomic E-state index is -0.314. The molecule has 7 heteroatoms. The number of rotatable bonds is 3. The molecular weight excluding hydrogens is 192 g/mol. The van der Waals surface area contributed by atoms with E-state index in [9.17, 15) is 4.79 Å². The van der Waals surface area contributed by atoms with E-state index < -0.39 is 0 Å². The summed E-state index contributed by atoms with van der Waals surface area (Å²) in [5.74, 6) is 6.03. The molecule has 0 saturated heterocycles. The molecule has 0 fully saturated rings. The molecular formula is C6H10N4O2S. The van der Waals surface area contributed by atoms with E-state index in [0.29, 0.717) is 11.0 Å². The zero-order valence-corrected chi connectivity index (χ0v) is 8.17. The number of hydrogen-bond donors (Lipinski definition) is 1. The molecule has 13 heavy (non-hydrogen) atoms. The van der Waals surface area contributed by atoms with Gasteiger partial charge in [-0.1, -0.05) is 11.8 Å². The van der Waals surface area contributed by atoms with Crippen molar-refractivity contribution in [3.8, 4) is 0 Å². The number of esters is 1. The molecule has 2 N–H and O–H groups in total. The third-order valence-corrected chi connectivity index (χ3v) is 2.30. The lowest BCUT2D eigenvalue weighted by molar-refractivity contribution is -0.137. The molecule has 0 aliphatic heterocycles. The van der Waals surface area contributed by atoms with Crippen molar-refractivity contribution < 1.29 is 9.53 Å². The first-order valence-corrected chi connectivity index (χ1v) is 4.50. The van der Waals surface area contributed by atoms with Gasteiger partial charge in [0, 0.05) is 0 Å². The van der Waals surface area contributed by atoms with Crippen molar-refractivity contribution in [2.75, 3.05) is 18.7 Å². The van der Waals surface area contributed by atoms with Gasteiger partial charge in [0.25, 0.3) is 0 Å². The smallest absolute Gasteiger partial charge is 0.316 e. The van der Waals surface area contributed by atoms with Crippen LogP contribution in [0.25, 0.3) is 0 Å². The number of nitrogens with two attached hydrogens (primary N) is 1. The van der Waals surface area contributed by atoms with Gasteiger partial charge in [0.1, 0.15) is 5.82 Å². The minimum absolute atomic E-state index is 0.186. The number of aryl methyl sites for hydroxylation is 1. The Morgan fingerprint density at radius 1 is 1.69 bits per heavy atom. The Hall–Kier alpha value is -1.24. The highest BCUT2D eigenvalue weighted by Crippen LogP contribution is 2.13. The first kappa shape index (κ1) is 9.85. The fourth-order valence-corrected chi connectivity index (χ4v) is 1.37. The van der Waals surface area contributed by atoms with Gasteiger partial charge in [0.05, 0.1) is 12.9 Å². The highest BCUT2D eigenvalue weighted by Gasteiger charge is 2.08.